The molecule has 0 radical (unpaired) electrons. The number of methoxy groups -OCH3 is 2. The van der Waals surface area contributed by atoms with Crippen molar-refractivity contribution in [2.75, 3.05) is 39.8 Å². The van der Waals surface area contributed by atoms with Crippen LogP contribution in [0.1, 0.15) is 35.4 Å². The van der Waals surface area contributed by atoms with Gasteiger partial charge in [0.25, 0.3) is 5.56 Å². The number of anilines is 1. The molecule has 0 amide bonds. The molecule has 5 atom stereocenters. The molecule has 3 heterocycles. The molecule has 246 valence electrons. The molecule has 0 bridgehead atoms. The van der Waals surface area contributed by atoms with E-state index in [9.17, 15) is 9.90 Å². The molecule has 12 nitrogen and oxygen atoms in total. The number of ether oxygens (including phenoxy) is 5. The Balaban J connectivity index is 1.41. The van der Waals surface area contributed by atoms with E-state index in [1.807, 2.05) is 85.8 Å². The summed E-state index contributed by atoms with van der Waals surface area (Å²) in [6.07, 6.45) is -0.0459. The summed E-state index contributed by atoms with van der Waals surface area (Å²) < 4.78 is 32.6. The molecule has 0 spiro atoms. The third-order valence-corrected chi connectivity index (χ3v) is 8.71. The standard InChI is InChI=1S/C35H39N5O7/c1-22-28(47-33(30(22)45-18-17-43-2)40-21-37-29-31(40)38-34(36)39-32(29)42)20-46-35(24-7-5-4-6-8-24,25-11-9-23(19-41)10-12-25)26-13-15-27(44-3)16-14-26/h4-16,21-22,28,30,33,41H,17-20H2,1-3H3,(H3,36,38,39,42)/t22-,28+,30?,33+,35?/m0/s1. The molecule has 4 N–H and O–H groups in total. The Bertz CT molecular complexity index is 1780. The number of hydrogen-bond donors (Lipinski definition) is 3. The van der Waals surface area contributed by atoms with Crippen LogP contribution in [0.2, 0.25) is 0 Å². The van der Waals surface area contributed by atoms with E-state index in [4.69, 9.17) is 29.4 Å². The molecule has 1 saturated heterocycles. The van der Waals surface area contributed by atoms with Crippen molar-refractivity contribution in [2.24, 2.45) is 5.92 Å². The van der Waals surface area contributed by atoms with Crippen molar-refractivity contribution in [2.45, 2.75) is 37.6 Å². The summed E-state index contributed by atoms with van der Waals surface area (Å²) in [5, 5.41) is 9.78. The normalized spacial score (nSPS) is 20.8. The van der Waals surface area contributed by atoms with Gasteiger partial charge < -0.3 is 34.5 Å². The summed E-state index contributed by atoms with van der Waals surface area (Å²) in [7, 11) is 3.25. The zero-order valence-corrected chi connectivity index (χ0v) is 26.5. The Morgan fingerprint density at radius 3 is 2.32 bits per heavy atom. The minimum atomic E-state index is -1.06. The fourth-order valence-electron chi connectivity index (χ4n) is 6.20. The number of nitrogens with two attached hydrogens (primary N) is 1. The Hall–Kier alpha value is -4.59. The average Bonchev–Trinajstić information content (AvgIpc) is 3.66. The van der Waals surface area contributed by atoms with Gasteiger partial charge in [0.15, 0.2) is 17.4 Å². The number of fused-ring (bicyclic) bond motifs is 1. The van der Waals surface area contributed by atoms with Crippen molar-refractivity contribution in [1.82, 2.24) is 19.5 Å². The minimum absolute atomic E-state index is 0.0219. The lowest BCUT2D eigenvalue weighted by Gasteiger charge is -2.37. The second-order valence-corrected chi connectivity index (χ2v) is 11.5. The van der Waals surface area contributed by atoms with Gasteiger partial charge in [-0.3, -0.25) is 14.3 Å². The van der Waals surface area contributed by atoms with Crippen LogP contribution in [0.5, 0.6) is 5.75 Å². The minimum Gasteiger partial charge on any atom is -0.497 e. The molecule has 12 heteroatoms. The Morgan fingerprint density at radius 1 is 0.979 bits per heavy atom. The number of aromatic nitrogens is 4. The van der Waals surface area contributed by atoms with Gasteiger partial charge >= 0.3 is 0 Å². The van der Waals surface area contributed by atoms with Gasteiger partial charge in [-0.2, -0.15) is 4.98 Å². The van der Waals surface area contributed by atoms with Crippen molar-refractivity contribution in [3.63, 3.8) is 0 Å². The van der Waals surface area contributed by atoms with Gasteiger partial charge in [-0.25, -0.2) is 4.98 Å². The highest BCUT2D eigenvalue weighted by Gasteiger charge is 2.47. The van der Waals surface area contributed by atoms with E-state index in [0.717, 1.165) is 28.0 Å². The van der Waals surface area contributed by atoms with Crippen molar-refractivity contribution in [3.05, 3.63) is 118 Å². The number of hydrogen-bond acceptors (Lipinski definition) is 10. The SMILES string of the molecule is COCCOC1[C@@H](C)[C@@H](COC(c2ccccc2)(c2ccc(CO)cc2)c2ccc(OC)cc2)O[C@H]1n1cnc2c(=O)[nH]c(N)nc21. The van der Waals surface area contributed by atoms with E-state index >= 15 is 0 Å². The van der Waals surface area contributed by atoms with E-state index in [1.165, 1.54) is 6.33 Å². The van der Waals surface area contributed by atoms with Crippen molar-refractivity contribution >= 4 is 17.1 Å². The number of rotatable bonds is 13. The van der Waals surface area contributed by atoms with Crippen molar-refractivity contribution in [1.29, 1.82) is 0 Å². The highest BCUT2D eigenvalue weighted by molar-refractivity contribution is 5.70. The monoisotopic (exact) mass is 641 g/mol. The number of aromatic amines is 1. The Labute approximate surface area is 272 Å². The molecule has 0 aliphatic carbocycles. The first-order chi connectivity index (χ1) is 22.9. The molecular weight excluding hydrogens is 602 g/mol. The van der Waals surface area contributed by atoms with E-state index < -0.39 is 29.6 Å². The van der Waals surface area contributed by atoms with Crippen LogP contribution in [0.25, 0.3) is 11.2 Å². The smallest absolute Gasteiger partial charge is 0.280 e. The van der Waals surface area contributed by atoms with Crippen LogP contribution in [0.4, 0.5) is 5.95 Å². The topological polar surface area (TPSA) is 156 Å². The highest BCUT2D eigenvalue weighted by Crippen LogP contribution is 2.44. The van der Waals surface area contributed by atoms with Crippen LogP contribution in [0.3, 0.4) is 0 Å². The summed E-state index contributed by atoms with van der Waals surface area (Å²) >= 11 is 0. The quantitative estimate of drug-likeness (QED) is 0.128. The van der Waals surface area contributed by atoms with E-state index in [1.54, 1.807) is 18.8 Å². The number of aliphatic hydroxyl groups excluding tert-OH is 1. The maximum Gasteiger partial charge on any atom is 0.280 e. The first-order valence-corrected chi connectivity index (χ1v) is 15.4. The van der Waals surface area contributed by atoms with Crippen LogP contribution in [0, 0.1) is 5.92 Å². The number of nitrogens with one attached hydrogen (secondary N) is 1. The molecule has 1 aliphatic rings. The van der Waals surface area contributed by atoms with Crippen molar-refractivity contribution in [3.8, 4) is 5.75 Å². The molecule has 6 rings (SSSR count). The fraction of sp³-hybridized carbons (Fsp3) is 0.343. The third-order valence-electron chi connectivity index (χ3n) is 8.71. The highest BCUT2D eigenvalue weighted by atomic mass is 16.6. The van der Waals surface area contributed by atoms with Gasteiger partial charge in [-0.15, -0.1) is 0 Å². The molecule has 5 aromatic rings. The van der Waals surface area contributed by atoms with Crippen LogP contribution in [-0.2, 0) is 31.2 Å². The maximum atomic E-state index is 12.6. The van der Waals surface area contributed by atoms with Crippen LogP contribution >= 0.6 is 0 Å². The summed E-state index contributed by atoms with van der Waals surface area (Å²) in [6.45, 7) is 2.88. The predicted molar refractivity (Wildman–Crippen MR) is 175 cm³/mol. The Kier molecular flexibility index (Phi) is 9.66. The molecule has 1 fully saturated rings. The predicted octanol–water partition coefficient (Wildman–Crippen LogP) is 3.78. The lowest BCUT2D eigenvalue weighted by molar-refractivity contribution is -0.0957. The lowest BCUT2D eigenvalue weighted by Crippen LogP contribution is -2.37. The first kappa shape index (κ1) is 32.4. The van der Waals surface area contributed by atoms with Gasteiger partial charge in [0.1, 0.15) is 17.5 Å². The van der Waals surface area contributed by atoms with E-state index in [0.29, 0.717) is 18.9 Å². The number of nitrogens with zero attached hydrogens (tertiary/aromatic N) is 3. The van der Waals surface area contributed by atoms with Crippen LogP contribution in [-0.4, -0.2) is 70.9 Å². The van der Waals surface area contributed by atoms with Gasteiger partial charge in [0, 0.05) is 13.0 Å². The fourth-order valence-corrected chi connectivity index (χ4v) is 6.20. The molecule has 3 aromatic carbocycles. The lowest BCUT2D eigenvalue weighted by atomic mass is 9.79. The van der Waals surface area contributed by atoms with E-state index in [-0.39, 0.29) is 30.6 Å². The number of H-pyrrole nitrogens is 1. The molecule has 0 saturated carbocycles. The second-order valence-electron chi connectivity index (χ2n) is 11.5. The van der Waals surface area contributed by atoms with Gasteiger partial charge in [0.05, 0.1) is 46.0 Å². The Morgan fingerprint density at radius 2 is 1.66 bits per heavy atom. The molecule has 1 aliphatic heterocycles. The largest absolute Gasteiger partial charge is 0.497 e. The molecular formula is C35H39N5O7. The van der Waals surface area contributed by atoms with Gasteiger partial charge in [-0.05, 0) is 34.4 Å². The zero-order valence-electron chi connectivity index (χ0n) is 26.5. The summed E-state index contributed by atoms with van der Waals surface area (Å²) in [4.78, 5) is 23.7. The molecule has 2 unspecified atom stereocenters. The number of nitrogen functional groups attached to an aromatic ring is 1. The summed E-state index contributed by atoms with van der Waals surface area (Å²) in [6, 6.07) is 25.6. The summed E-state index contributed by atoms with van der Waals surface area (Å²) in [5.74, 6) is 0.541. The average molecular weight is 642 g/mol. The third kappa shape index (κ3) is 6.25. The zero-order chi connectivity index (χ0) is 33.0. The number of imidazole rings is 1. The van der Waals surface area contributed by atoms with Gasteiger partial charge in [-0.1, -0.05) is 73.7 Å². The van der Waals surface area contributed by atoms with Crippen LogP contribution < -0.4 is 16.0 Å². The number of aliphatic hydroxyl groups is 1. The number of benzene rings is 3. The molecule has 47 heavy (non-hydrogen) atoms. The summed E-state index contributed by atoms with van der Waals surface area (Å²) in [5.41, 5.74) is 8.32. The maximum absolute atomic E-state index is 12.6. The van der Waals surface area contributed by atoms with Crippen molar-refractivity contribution < 1.29 is 28.8 Å². The first-order valence-electron chi connectivity index (χ1n) is 15.4. The van der Waals surface area contributed by atoms with Gasteiger partial charge in [0.2, 0.25) is 5.95 Å². The second kappa shape index (κ2) is 14.0. The van der Waals surface area contributed by atoms with E-state index in [2.05, 4.69) is 15.0 Å². The molecule has 2 aromatic heterocycles. The van der Waals surface area contributed by atoms with Crippen LogP contribution in [0.15, 0.2) is 90.0 Å².